The molecule has 1 aromatic carbocycles. The van der Waals surface area contributed by atoms with E-state index in [9.17, 15) is 21.6 Å². The molecule has 21 heavy (non-hydrogen) atoms. The van der Waals surface area contributed by atoms with Crippen LogP contribution in [0.15, 0.2) is 23.1 Å². The van der Waals surface area contributed by atoms with Crippen molar-refractivity contribution < 1.29 is 26.3 Å². The van der Waals surface area contributed by atoms with E-state index in [0.29, 0.717) is 0 Å². The van der Waals surface area contributed by atoms with E-state index >= 15 is 0 Å². The van der Waals surface area contributed by atoms with Crippen LogP contribution >= 0.6 is 11.6 Å². The Hall–Kier alpha value is -1.34. The molecule has 0 spiro atoms. The zero-order chi connectivity index (χ0) is 16.1. The lowest BCUT2D eigenvalue weighted by atomic mass is 10.2. The maximum Gasteiger partial charge on any atom is 0.411 e. The Morgan fingerprint density at radius 1 is 1.38 bits per heavy atom. The molecular formula is C11H10ClF3N2O3S. The van der Waals surface area contributed by atoms with Gasteiger partial charge < -0.3 is 4.74 Å². The Balaban J connectivity index is 2.64. The molecule has 0 amide bonds. The molecule has 0 bridgehead atoms. The number of nitriles is 1. The molecule has 0 aliphatic rings. The Kier molecular flexibility index (Phi) is 5.98. The first-order valence-corrected chi connectivity index (χ1v) is 7.35. The number of sulfonamides is 1. The fraction of sp³-hybridized carbons (Fsp3) is 0.364. The minimum Gasteiger partial charge on any atom is -0.371 e. The van der Waals surface area contributed by atoms with E-state index in [-0.39, 0.29) is 22.0 Å². The lowest BCUT2D eigenvalue weighted by Crippen LogP contribution is -2.29. The fourth-order valence-electron chi connectivity index (χ4n) is 1.29. The Morgan fingerprint density at radius 2 is 2.05 bits per heavy atom. The minimum atomic E-state index is -4.47. The number of benzene rings is 1. The van der Waals surface area contributed by atoms with E-state index in [1.54, 1.807) is 6.07 Å². The van der Waals surface area contributed by atoms with Crippen molar-refractivity contribution in [3.05, 3.63) is 28.8 Å². The highest BCUT2D eigenvalue weighted by molar-refractivity contribution is 7.89. The molecule has 1 N–H and O–H groups in total. The number of nitrogens with zero attached hydrogens (tertiary/aromatic N) is 1. The second-order valence-electron chi connectivity index (χ2n) is 3.82. The van der Waals surface area contributed by atoms with Gasteiger partial charge in [-0.25, -0.2) is 13.1 Å². The average Bonchev–Trinajstić information content (AvgIpc) is 2.37. The maximum atomic E-state index is 11.9. The van der Waals surface area contributed by atoms with Crippen LogP contribution in [0, 0.1) is 11.3 Å². The standard InChI is InChI=1S/C11H10ClF3N2O3S/c12-9-2-1-8(6-16)5-10(9)21(18,19)17-3-4-20-7-11(13,14)15/h1-2,5,17H,3-4,7H2. The predicted molar refractivity (Wildman–Crippen MR) is 68.2 cm³/mol. The average molecular weight is 343 g/mol. The molecule has 10 heteroatoms. The largest absolute Gasteiger partial charge is 0.411 e. The molecule has 0 aromatic heterocycles. The third-order valence-corrected chi connectivity index (χ3v) is 4.10. The van der Waals surface area contributed by atoms with Crippen molar-refractivity contribution in [1.82, 2.24) is 4.72 Å². The SMILES string of the molecule is N#Cc1ccc(Cl)c(S(=O)(=O)NCCOCC(F)(F)F)c1. The summed E-state index contributed by atoms with van der Waals surface area (Å²) in [5.41, 5.74) is 0.0908. The zero-order valence-corrected chi connectivity index (χ0v) is 12.0. The summed E-state index contributed by atoms with van der Waals surface area (Å²) in [7, 11) is -4.03. The summed E-state index contributed by atoms with van der Waals surface area (Å²) < 4.78 is 65.5. The molecule has 5 nitrogen and oxygen atoms in total. The molecule has 0 unspecified atom stereocenters. The van der Waals surface area contributed by atoms with E-state index < -0.39 is 29.4 Å². The van der Waals surface area contributed by atoms with Crippen LogP contribution in [0.25, 0.3) is 0 Å². The fourth-order valence-corrected chi connectivity index (χ4v) is 2.83. The first-order chi connectivity index (χ1) is 9.65. The summed E-state index contributed by atoms with van der Waals surface area (Å²) >= 11 is 5.73. The quantitative estimate of drug-likeness (QED) is 0.803. The van der Waals surface area contributed by atoms with Gasteiger partial charge in [-0.2, -0.15) is 18.4 Å². The van der Waals surface area contributed by atoms with Crippen LogP contribution in [0.4, 0.5) is 13.2 Å². The molecule has 0 saturated carbocycles. The van der Waals surface area contributed by atoms with Crippen LogP contribution in [-0.4, -0.2) is 34.4 Å². The van der Waals surface area contributed by atoms with Gasteiger partial charge in [-0.05, 0) is 18.2 Å². The second kappa shape index (κ2) is 7.09. The van der Waals surface area contributed by atoms with E-state index in [4.69, 9.17) is 16.9 Å². The molecule has 0 fully saturated rings. The van der Waals surface area contributed by atoms with Gasteiger partial charge in [0.15, 0.2) is 0 Å². The number of hydrogen-bond acceptors (Lipinski definition) is 4. The molecule has 0 aliphatic heterocycles. The van der Waals surface area contributed by atoms with Gasteiger partial charge in [-0.15, -0.1) is 0 Å². The summed E-state index contributed by atoms with van der Waals surface area (Å²) in [5, 5.41) is 8.61. The van der Waals surface area contributed by atoms with Crippen molar-refractivity contribution in [2.45, 2.75) is 11.1 Å². The Labute approximate surface area is 124 Å². The molecule has 0 atom stereocenters. The first-order valence-electron chi connectivity index (χ1n) is 5.49. The van der Waals surface area contributed by atoms with Crippen molar-refractivity contribution in [1.29, 1.82) is 5.26 Å². The van der Waals surface area contributed by atoms with Crippen molar-refractivity contribution in [2.24, 2.45) is 0 Å². The Bertz CT molecular complexity index is 641. The predicted octanol–water partition coefficient (Wildman–Crippen LogP) is 2.07. The van der Waals surface area contributed by atoms with Crippen LogP contribution in [0.1, 0.15) is 5.56 Å². The highest BCUT2D eigenvalue weighted by Gasteiger charge is 2.27. The molecule has 116 valence electrons. The van der Waals surface area contributed by atoms with E-state index in [1.165, 1.54) is 12.1 Å². The van der Waals surface area contributed by atoms with Crippen molar-refractivity contribution in [3.63, 3.8) is 0 Å². The molecule has 0 radical (unpaired) electrons. The van der Waals surface area contributed by atoms with Crippen LogP contribution in [0.5, 0.6) is 0 Å². The Morgan fingerprint density at radius 3 is 2.62 bits per heavy atom. The molecule has 0 heterocycles. The summed E-state index contributed by atoms with van der Waals surface area (Å²) in [6, 6.07) is 5.42. The first kappa shape index (κ1) is 17.7. The molecule has 1 aromatic rings. The van der Waals surface area contributed by atoms with Crippen LogP contribution in [0.3, 0.4) is 0 Å². The number of halogens is 4. The monoisotopic (exact) mass is 342 g/mol. The smallest absolute Gasteiger partial charge is 0.371 e. The third kappa shape index (κ3) is 5.89. The van der Waals surface area contributed by atoms with Gasteiger partial charge in [-0.3, -0.25) is 0 Å². The van der Waals surface area contributed by atoms with E-state index in [0.717, 1.165) is 6.07 Å². The normalized spacial score (nSPS) is 12.1. The van der Waals surface area contributed by atoms with Gasteiger partial charge >= 0.3 is 6.18 Å². The van der Waals surface area contributed by atoms with Crippen molar-refractivity contribution in [2.75, 3.05) is 19.8 Å². The molecule has 0 aliphatic carbocycles. The molecule has 0 saturated heterocycles. The van der Waals surface area contributed by atoms with Crippen molar-refractivity contribution in [3.8, 4) is 6.07 Å². The number of ether oxygens (including phenoxy) is 1. The topological polar surface area (TPSA) is 79.2 Å². The number of rotatable bonds is 6. The van der Waals surface area contributed by atoms with Crippen LogP contribution in [0.2, 0.25) is 5.02 Å². The van der Waals surface area contributed by atoms with Crippen LogP contribution in [-0.2, 0) is 14.8 Å². The third-order valence-electron chi connectivity index (χ3n) is 2.15. The van der Waals surface area contributed by atoms with Crippen molar-refractivity contribution >= 4 is 21.6 Å². The highest BCUT2D eigenvalue weighted by Crippen LogP contribution is 2.22. The summed E-state index contributed by atoms with van der Waals surface area (Å²) in [6.45, 7) is -2.26. The summed E-state index contributed by atoms with van der Waals surface area (Å²) in [6.07, 6.45) is -4.47. The van der Waals surface area contributed by atoms with Gasteiger partial charge in [-0.1, -0.05) is 11.6 Å². The van der Waals surface area contributed by atoms with Gasteiger partial charge in [0, 0.05) is 6.54 Å². The van der Waals surface area contributed by atoms with E-state index in [1.807, 2.05) is 4.72 Å². The number of alkyl halides is 3. The molecular weight excluding hydrogens is 333 g/mol. The lowest BCUT2D eigenvalue weighted by molar-refractivity contribution is -0.173. The van der Waals surface area contributed by atoms with Crippen LogP contribution < -0.4 is 4.72 Å². The zero-order valence-electron chi connectivity index (χ0n) is 10.4. The number of nitrogens with one attached hydrogen (secondary N) is 1. The van der Waals surface area contributed by atoms with Gasteiger partial charge in [0.1, 0.15) is 11.5 Å². The highest BCUT2D eigenvalue weighted by atomic mass is 35.5. The second-order valence-corrected chi connectivity index (χ2v) is 5.97. The van der Waals surface area contributed by atoms with Gasteiger partial charge in [0.2, 0.25) is 10.0 Å². The van der Waals surface area contributed by atoms with E-state index in [2.05, 4.69) is 4.74 Å². The maximum absolute atomic E-state index is 11.9. The lowest BCUT2D eigenvalue weighted by Gasteiger charge is -2.10. The molecule has 1 rings (SSSR count). The summed E-state index contributed by atoms with van der Waals surface area (Å²) in [5.74, 6) is 0. The summed E-state index contributed by atoms with van der Waals surface area (Å²) in [4.78, 5) is -0.320. The number of hydrogen-bond donors (Lipinski definition) is 1. The van der Waals surface area contributed by atoms with Gasteiger partial charge in [0.05, 0.1) is 23.3 Å². The minimum absolute atomic E-state index is 0.0908. The van der Waals surface area contributed by atoms with Gasteiger partial charge in [0.25, 0.3) is 0 Å².